The van der Waals surface area contributed by atoms with E-state index in [1.807, 2.05) is 0 Å². The van der Waals surface area contributed by atoms with E-state index < -0.39 is 10.2 Å². The van der Waals surface area contributed by atoms with E-state index in [-0.39, 0.29) is 18.8 Å². The lowest BCUT2D eigenvalue weighted by atomic mass is 10.0. The molecule has 0 aromatic carbocycles. The minimum absolute atomic E-state index is 0.0130. The summed E-state index contributed by atoms with van der Waals surface area (Å²) >= 11 is 0. The van der Waals surface area contributed by atoms with Gasteiger partial charge in [-0.15, -0.1) is 0 Å². The lowest BCUT2D eigenvalue weighted by molar-refractivity contribution is 0.264. The molecule has 0 aromatic heterocycles. The van der Waals surface area contributed by atoms with Gasteiger partial charge in [0.1, 0.15) is 0 Å². The van der Waals surface area contributed by atoms with Crippen molar-refractivity contribution in [2.24, 2.45) is 11.7 Å². The third-order valence-corrected chi connectivity index (χ3v) is 4.99. The summed E-state index contributed by atoms with van der Waals surface area (Å²) in [4.78, 5) is 0. The minimum atomic E-state index is -3.38. The van der Waals surface area contributed by atoms with Gasteiger partial charge in [-0.1, -0.05) is 6.92 Å². The Morgan fingerprint density at radius 2 is 2.24 bits per heavy atom. The second-order valence-corrected chi connectivity index (χ2v) is 6.75. The van der Waals surface area contributed by atoms with Crippen LogP contribution < -0.4 is 5.73 Å². The molecule has 3 N–H and O–H groups in total. The van der Waals surface area contributed by atoms with Gasteiger partial charge in [0.15, 0.2) is 0 Å². The lowest BCUT2D eigenvalue weighted by Crippen LogP contribution is -2.46. The van der Waals surface area contributed by atoms with Crippen molar-refractivity contribution in [3.8, 4) is 0 Å². The molecule has 1 heterocycles. The summed E-state index contributed by atoms with van der Waals surface area (Å²) in [5, 5.41) is 7.11. The number of nitrogens with one attached hydrogen (secondary N) is 1. The van der Waals surface area contributed by atoms with Crippen molar-refractivity contribution >= 4 is 16.0 Å². The summed E-state index contributed by atoms with van der Waals surface area (Å²) in [6, 6.07) is 0. The van der Waals surface area contributed by atoms with Crippen molar-refractivity contribution < 1.29 is 8.42 Å². The van der Waals surface area contributed by atoms with E-state index in [9.17, 15) is 8.42 Å². The minimum Gasteiger partial charge on any atom is -0.388 e. The average molecular weight is 262 g/mol. The molecule has 7 heteroatoms. The van der Waals surface area contributed by atoms with Crippen LogP contribution in [0.1, 0.15) is 26.2 Å². The maximum absolute atomic E-state index is 12.2. The van der Waals surface area contributed by atoms with Crippen molar-refractivity contribution in [1.29, 1.82) is 5.41 Å². The van der Waals surface area contributed by atoms with Gasteiger partial charge < -0.3 is 5.73 Å². The van der Waals surface area contributed by atoms with Gasteiger partial charge in [-0.2, -0.15) is 17.0 Å². The second kappa shape index (κ2) is 5.79. The number of hydrogen-bond donors (Lipinski definition) is 2. The third-order valence-electron chi connectivity index (χ3n) is 3.04. The number of hydrogen-bond acceptors (Lipinski definition) is 3. The molecule has 1 rings (SSSR count). The molecule has 0 bridgehead atoms. The SMILES string of the molecule is CC1CCCN(S(=O)(=O)N(C)CCC(=N)N)C1. The molecule has 0 amide bonds. The van der Waals surface area contributed by atoms with Crippen LogP contribution in [0.5, 0.6) is 0 Å². The van der Waals surface area contributed by atoms with Gasteiger partial charge in [0.05, 0.1) is 5.84 Å². The summed E-state index contributed by atoms with van der Waals surface area (Å²) < 4.78 is 27.2. The van der Waals surface area contributed by atoms with Crippen LogP contribution in [0.2, 0.25) is 0 Å². The van der Waals surface area contributed by atoms with Crippen LogP contribution in [0.4, 0.5) is 0 Å². The van der Waals surface area contributed by atoms with Crippen LogP contribution in [0, 0.1) is 11.3 Å². The van der Waals surface area contributed by atoms with Crippen molar-refractivity contribution in [1.82, 2.24) is 8.61 Å². The number of nitrogens with zero attached hydrogens (tertiary/aromatic N) is 2. The smallest absolute Gasteiger partial charge is 0.281 e. The van der Waals surface area contributed by atoms with Gasteiger partial charge in [-0.3, -0.25) is 5.41 Å². The number of rotatable bonds is 5. The number of piperidine rings is 1. The molecule has 1 aliphatic rings. The quantitative estimate of drug-likeness (QED) is 0.548. The topological polar surface area (TPSA) is 90.5 Å². The lowest BCUT2D eigenvalue weighted by Gasteiger charge is -2.33. The Kier molecular flexibility index (Phi) is 4.91. The van der Waals surface area contributed by atoms with E-state index in [1.54, 1.807) is 0 Å². The van der Waals surface area contributed by atoms with Gasteiger partial charge in [-0.05, 0) is 18.8 Å². The van der Waals surface area contributed by atoms with Crippen LogP contribution in [-0.2, 0) is 10.2 Å². The first-order valence-electron chi connectivity index (χ1n) is 5.88. The summed E-state index contributed by atoms with van der Waals surface area (Å²) in [5.74, 6) is 0.429. The fourth-order valence-corrected chi connectivity index (χ4v) is 3.47. The van der Waals surface area contributed by atoms with Gasteiger partial charge in [0.2, 0.25) is 0 Å². The Balaban J connectivity index is 2.62. The van der Waals surface area contributed by atoms with Gasteiger partial charge in [0.25, 0.3) is 10.2 Å². The largest absolute Gasteiger partial charge is 0.388 e. The van der Waals surface area contributed by atoms with E-state index in [4.69, 9.17) is 11.1 Å². The van der Waals surface area contributed by atoms with Crippen LogP contribution in [0.15, 0.2) is 0 Å². The maximum atomic E-state index is 12.2. The highest BCUT2D eigenvalue weighted by Crippen LogP contribution is 2.19. The molecule has 1 unspecified atom stereocenters. The fourth-order valence-electron chi connectivity index (χ4n) is 1.95. The predicted molar refractivity (Wildman–Crippen MR) is 68.1 cm³/mol. The van der Waals surface area contributed by atoms with Crippen LogP contribution >= 0.6 is 0 Å². The molecular formula is C10H22N4O2S. The van der Waals surface area contributed by atoms with Crippen LogP contribution in [0.25, 0.3) is 0 Å². The van der Waals surface area contributed by atoms with Gasteiger partial charge >= 0.3 is 0 Å². The number of nitrogens with two attached hydrogens (primary N) is 1. The highest BCUT2D eigenvalue weighted by molar-refractivity contribution is 7.86. The Morgan fingerprint density at radius 1 is 1.59 bits per heavy atom. The van der Waals surface area contributed by atoms with Gasteiger partial charge in [-0.25, -0.2) is 0 Å². The van der Waals surface area contributed by atoms with Crippen molar-refractivity contribution in [3.05, 3.63) is 0 Å². The first-order valence-corrected chi connectivity index (χ1v) is 7.28. The Bertz CT molecular complexity index is 369. The zero-order chi connectivity index (χ0) is 13.1. The molecule has 17 heavy (non-hydrogen) atoms. The number of amidine groups is 1. The van der Waals surface area contributed by atoms with Crippen molar-refractivity contribution in [2.75, 3.05) is 26.7 Å². The molecule has 0 radical (unpaired) electrons. The Morgan fingerprint density at radius 3 is 2.76 bits per heavy atom. The van der Waals surface area contributed by atoms with Crippen LogP contribution in [0.3, 0.4) is 0 Å². The van der Waals surface area contributed by atoms with Crippen molar-refractivity contribution in [2.45, 2.75) is 26.2 Å². The van der Waals surface area contributed by atoms with Crippen LogP contribution in [-0.4, -0.2) is 49.5 Å². The summed E-state index contributed by atoms with van der Waals surface area (Å²) in [5.41, 5.74) is 5.23. The molecule has 1 aliphatic heterocycles. The first-order chi connectivity index (χ1) is 7.84. The normalized spacial score (nSPS) is 22.9. The first kappa shape index (κ1) is 14.4. The zero-order valence-corrected chi connectivity index (χ0v) is 11.3. The fraction of sp³-hybridized carbons (Fsp3) is 0.900. The summed E-state index contributed by atoms with van der Waals surface area (Å²) in [7, 11) is -1.84. The standard InChI is InChI=1S/C10H22N4O2S/c1-9-4-3-6-14(8-9)17(15,16)13(2)7-5-10(11)12/h9H,3-8H2,1-2H3,(H3,11,12). The maximum Gasteiger partial charge on any atom is 0.281 e. The van der Waals surface area contributed by atoms with E-state index >= 15 is 0 Å². The zero-order valence-electron chi connectivity index (χ0n) is 10.5. The third kappa shape index (κ3) is 3.93. The molecule has 0 aliphatic carbocycles. The van der Waals surface area contributed by atoms with E-state index in [0.29, 0.717) is 19.0 Å². The monoisotopic (exact) mass is 262 g/mol. The molecule has 100 valence electrons. The summed E-state index contributed by atoms with van der Waals surface area (Å²) in [6.45, 7) is 3.52. The van der Waals surface area contributed by atoms with E-state index in [1.165, 1.54) is 15.7 Å². The van der Waals surface area contributed by atoms with Gasteiger partial charge in [0, 0.05) is 33.1 Å². The highest BCUT2D eigenvalue weighted by atomic mass is 32.2. The van der Waals surface area contributed by atoms with E-state index in [2.05, 4.69) is 6.92 Å². The molecule has 1 fully saturated rings. The molecule has 0 spiro atoms. The molecule has 6 nitrogen and oxygen atoms in total. The highest BCUT2D eigenvalue weighted by Gasteiger charge is 2.30. The summed E-state index contributed by atoms with van der Waals surface area (Å²) in [6.07, 6.45) is 2.28. The predicted octanol–water partition coefficient (Wildman–Crippen LogP) is 0.221. The Labute approximate surface area is 103 Å². The Hall–Kier alpha value is -0.660. The molecule has 1 atom stereocenters. The molecule has 1 saturated heterocycles. The average Bonchev–Trinajstić information content (AvgIpc) is 2.25. The second-order valence-electron chi connectivity index (χ2n) is 4.71. The van der Waals surface area contributed by atoms with Crippen molar-refractivity contribution in [3.63, 3.8) is 0 Å². The van der Waals surface area contributed by atoms with E-state index in [0.717, 1.165) is 12.8 Å². The molecular weight excluding hydrogens is 240 g/mol. The molecule has 0 aromatic rings. The molecule has 0 saturated carbocycles.